The molecule has 0 saturated carbocycles. The molecule has 7 heteroatoms. The summed E-state index contributed by atoms with van der Waals surface area (Å²) in [4.78, 5) is 14.7. The van der Waals surface area contributed by atoms with Crippen molar-refractivity contribution in [1.29, 1.82) is 0 Å². The lowest BCUT2D eigenvalue weighted by Gasteiger charge is -2.16. The van der Waals surface area contributed by atoms with Crippen molar-refractivity contribution in [3.05, 3.63) is 64.7 Å². The lowest BCUT2D eigenvalue weighted by atomic mass is 10.1. The predicted molar refractivity (Wildman–Crippen MR) is 135 cm³/mol. The Morgan fingerprint density at radius 1 is 1.00 bits per heavy atom. The zero-order valence-electron chi connectivity index (χ0n) is 19.1. The summed E-state index contributed by atoms with van der Waals surface area (Å²) in [7, 11) is -3.58. The maximum Gasteiger partial charge on any atom is 0.264 e. The molecule has 3 rings (SSSR count). The van der Waals surface area contributed by atoms with E-state index in [9.17, 15) is 13.2 Å². The fourth-order valence-corrected chi connectivity index (χ4v) is 5.98. The van der Waals surface area contributed by atoms with Gasteiger partial charge in [-0.1, -0.05) is 50.5 Å². The van der Waals surface area contributed by atoms with Crippen molar-refractivity contribution < 1.29 is 13.2 Å². The quantitative estimate of drug-likeness (QED) is 0.431. The van der Waals surface area contributed by atoms with Crippen LogP contribution in [0.4, 0.5) is 5.69 Å². The largest absolute Gasteiger partial charge is 0.371 e. The minimum atomic E-state index is -3.58. The average Bonchev–Trinajstić information content (AvgIpc) is 3.19. The summed E-state index contributed by atoms with van der Waals surface area (Å²) in [5.74, 6) is 1.22. The first kappa shape index (κ1) is 24.6. The minimum absolute atomic E-state index is 0.00731. The normalized spacial score (nSPS) is 13.2. The lowest BCUT2D eigenvalue weighted by molar-refractivity contribution is 0.0981. The van der Waals surface area contributed by atoms with Crippen molar-refractivity contribution in [3.8, 4) is 0 Å². The Morgan fingerprint density at radius 3 is 2.44 bits per heavy atom. The van der Waals surface area contributed by atoms with Crippen LogP contribution in [-0.2, 0) is 27.9 Å². The van der Waals surface area contributed by atoms with E-state index in [-0.39, 0.29) is 5.75 Å². The Balaban J connectivity index is 1.46. The van der Waals surface area contributed by atoms with Crippen molar-refractivity contribution >= 4 is 33.4 Å². The molecule has 174 valence electrons. The van der Waals surface area contributed by atoms with Crippen LogP contribution in [0.3, 0.4) is 0 Å². The number of nitrogens with one attached hydrogen (secondary N) is 1. The maximum absolute atomic E-state index is 12.3. The van der Waals surface area contributed by atoms with E-state index in [0.717, 1.165) is 55.8 Å². The second-order valence-electron chi connectivity index (χ2n) is 8.29. The molecular formula is C25H34N2O3S2. The van der Waals surface area contributed by atoms with Crippen LogP contribution in [0.2, 0.25) is 0 Å². The van der Waals surface area contributed by atoms with Crippen molar-refractivity contribution in [2.45, 2.75) is 57.5 Å². The van der Waals surface area contributed by atoms with E-state index in [2.05, 4.69) is 41.7 Å². The summed E-state index contributed by atoms with van der Waals surface area (Å²) in [6.45, 7) is 6.44. The predicted octanol–water partition coefficient (Wildman–Crippen LogP) is 5.14. The average molecular weight is 475 g/mol. The van der Waals surface area contributed by atoms with Crippen molar-refractivity contribution in [2.75, 3.05) is 23.7 Å². The third-order valence-corrected chi connectivity index (χ3v) is 8.18. The number of fused-ring (bicyclic) bond motifs is 1. The molecule has 0 saturated heterocycles. The molecule has 0 unspecified atom stereocenters. The number of amides is 1. The molecule has 0 aromatic heterocycles. The fourth-order valence-electron chi connectivity index (χ4n) is 3.95. The van der Waals surface area contributed by atoms with Crippen molar-refractivity contribution in [3.63, 3.8) is 0 Å². The summed E-state index contributed by atoms with van der Waals surface area (Å²) in [5.41, 5.74) is 5.65. The van der Waals surface area contributed by atoms with Gasteiger partial charge in [0, 0.05) is 35.8 Å². The van der Waals surface area contributed by atoms with E-state index in [4.69, 9.17) is 0 Å². The minimum Gasteiger partial charge on any atom is -0.371 e. The first-order valence-corrected chi connectivity index (χ1v) is 14.3. The van der Waals surface area contributed by atoms with Crippen LogP contribution < -0.4 is 9.62 Å². The number of hydrogen-bond donors (Lipinski definition) is 1. The van der Waals surface area contributed by atoms with Gasteiger partial charge in [0.15, 0.2) is 0 Å². The number of carbonyl (C=O) groups is 1. The molecule has 5 nitrogen and oxygen atoms in total. The highest BCUT2D eigenvalue weighted by molar-refractivity contribution is 7.97. The topological polar surface area (TPSA) is 66.5 Å². The van der Waals surface area contributed by atoms with Gasteiger partial charge in [-0.3, -0.25) is 4.79 Å². The molecule has 0 atom stereocenters. The summed E-state index contributed by atoms with van der Waals surface area (Å²) in [5, 5.41) is 0. The van der Waals surface area contributed by atoms with E-state index >= 15 is 0 Å². The monoisotopic (exact) mass is 474 g/mol. The number of thioether (sulfide) groups is 1. The molecule has 32 heavy (non-hydrogen) atoms. The highest BCUT2D eigenvalue weighted by Gasteiger charge is 2.18. The van der Waals surface area contributed by atoms with E-state index in [0.29, 0.717) is 12.0 Å². The zero-order chi connectivity index (χ0) is 23.0. The molecule has 2 aromatic rings. The highest BCUT2D eigenvalue weighted by atomic mass is 32.2. The maximum atomic E-state index is 12.3. The van der Waals surface area contributed by atoms with Crippen LogP contribution in [0.25, 0.3) is 0 Å². The van der Waals surface area contributed by atoms with Gasteiger partial charge < -0.3 is 4.90 Å². The van der Waals surface area contributed by atoms with Gasteiger partial charge in [-0.15, -0.1) is 0 Å². The molecule has 0 radical (unpaired) electrons. The van der Waals surface area contributed by atoms with Gasteiger partial charge in [0.05, 0.1) is 5.75 Å². The molecule has 1 N–H and O–H groups in total. The Kier molecular flexibility index (Phi) is 9.05. The Hall–Kier alpha value is -1.99. The third kappa shape index (κ3) is 7.01. The van der Waals surface area contributed by atoms with Crippen molar-refractivity contribution in [2.24, 2.45) is 0 Å². The van der Waals surface area contributed by atoms with Crippen LogP contribution in [0, 0.1) is 0 Å². The Morgan fingerprint density at radius 2 is 1.72 bits per heavy atom. The van der Waals surface area contributed by atoms with E-state index < -0.39 is 15.9 Å². The molecule has 0 fully saturated rings. The highest BCUT2D eigenvalue weighted by Crippen LogP contribution is 2.30. The molecule has 1 aliphatic rings. The number of rotatable bonds is 12. The van der Waals surface area contributed by atoms with Gasteiger partial charge in [-0.2, -0.15) is 11.8 Å². The number of hydrogen-bond acceptors (Lipinski definition) is 5. The molecule has 1 aliphatic heterocycles. The molecule has 0 spiro atoms. The number of anilines is 1. The summed E-state index contributed by atoms with van der Waals surface area (Å²) in [6, 6.07) is 14.0. The van der Waals surface area contributed by atoms with Gasteiger partial charge >= 0.3 is 0 Å². The lowest BCUT2D eigenvalue weighted by Crippen LogP contribution is -2.32. The van der Waals surface area contributed by atoms with E-state index in [1.807, 2.05) is 23.9 Å². The number of unbranched alkanes of at least 4 members (excludes halogenated alkanes) is 3. The van der Waals surface area contributed by atoms with Crippen molar-refractivity contribution in [1.82, 2.24) is 4.72 Å². The number of likely N-dealkylation sites (N-methyl/N-ethyl adjacent to an activating group) is 1. The summed E-state index contributed by atoms with van der Waals surface area (Å²) in [6.07, 6.45) is 4.61. The Labute approximate surface area is 197 Å². The van der Waals surface area contributed by atoms with Crippen LogP contribution in [0.15, 0.2) is 42.5 Å². The zero-order valence-corrected chi connectivity index (χ0v) is 20.7. The van der Waals surface area contributed by atoms with Gasteiger partial charge in [-0.05, 0) is 54.7 Å². The van der Waals surface area contributed by atoms with Crippen LogP contribution in [0.1, 0.15) is 66.6 Å². The Bertz CT molecular complexity index is 1000. The molecule has 1 amide bonds. The molecular weight excluding hydrogens is 440 g/mol. The number of benzene rings is 2. The third-order valence-electron chi connectivity index (χ3n) is 5.79. The first-order chi connectivity index (χ1) is 15.4. The number of nitrogens with zero attached hydrogens (tertiary/aromatic N) is 1. The number of sulfonamides is 1. The first-order valence-electron chi connectivity index (χ1n) is 11.5. The van der Waals surface area contributed by atoms with Gasteiger partial charge in [-0.25, -0.2) is 13.1 Å². The molecule has 0 bridgehead atoms. The smallest absolute Gasteiger partial charge is 0.264 e. The van der Waals surface area contributed by atoms with Crippen LogP contribution in [0.5, 0.6) is 0 Å². The fraction of sp³-hybridized carbons (Fsp3) is 0.480. The SMILES string of the molecule is CCCCCCS(=O)(=O)NC(=O)c1ccc(CSCc2ccc3c(c2)CCN3CC)cc1. The van der Waals surface area contributed by atoms with Crippen LogP contribution in [-0.4, -0.2) is 33.2 Å². The van der Waals surface area contributed by atoms with Gasteiger partial charge in [0.2, 0.25) is 10.0 Å². The molecule has 1 heterocycles. The molecule has 0 aliphatic carbocycles. The van der Waals surface area contributed by atoms with E-state index in [1.54, 1.807) is 12.1 Å². The summed E-state index contributed by atoms with van der Waals surface area (Å²) < 4.78 is 26.4. The molecule has 2 aromatic carbocycles. The van der Waals surface area contributed by atoms with Crippen LogP contribution >= 0.6 is 11.8 Å². The van der Waals surface area contributed by atoms with Gasteiger partial charge in [0.1, 0.15) is 0 Å². The van der Waals surface area contributed by atoms with E-state index in [1.165, 1.54) is 16.8 Å². The standard InChI is InChI=1S/C25H34N2O3S2/c1-3-5-6-7-16-32(29,30)26-25(28)22-11-8-20(9-12-22)18-31-19-21-10-13-24-23(17-21)14-15-27(24)4-2/h8-13,17H,3-7,14-16,18-19H2,1-2H3,(H,26,28). The second-order valence-corrected chi connectivity index (χ2v) is 11.1. The number of carbonyl (C=O) groups excluding carboxylic acids is 1. The summed E-state index contributed by atoms with van der Waals surface area (Å²) >= 11 is 1.84. The van der Waals surface area contributed by atoms with Gasteiger partial charge in [0.25, 0.3) is 5.91 Å². The second kappa shape index (κ2) is 11.8.